The summed E-state index contributed by atoms with van der Waals surface area (Å²) < 4.78 is 25.7. The van der Waals surface area contributed by atoms with Crippen LogP contribution in [-0.2, 0) is 16.6 Å². The highest BCUT2D eigenvalue weighted by molar-refractivity contribution is 7.89. The molecule has 1 aromatic heterocycles. The number of halogens is 1. The Bertz CT molecular complexity index is 1170. The van der Waals surface area contributed by atoms with Crippen LogP contribution < -0.4 is 15.8 Å². The molecule has 0 aliphatic rings. The smallest absolute Gasteiger partial charge is 0.272 e. The van der Waals surface area contributed by atoms with Gasteiger partial charge in [-0.05, 0) is 37.3 Å². The van der Waals surface area contributed by atoms with E-state index in [1.54, 1.807) is 31.2 Å². The lowest BCUT2D eigenvalue weighted by atomic mass is 10.1. The van der Waals surface area contributed by atoms with Gasteiger partial charge in [-0.2, -0.15) is 5.10 Å². The molecule has 10 heteroatoms. The SMILES string of the molecule is CCn1nc(C(=O)NNS(=O)(=O)c2ccc(Cl)cc2)c2ccccc2c1=O. The third kappa shape index (κ3) is 3.85. The summed E-state index contributed by atoms with van der Waals surface area (Å²) in [5.41, 5.74) is 1.74. The molecule has 0 radical (unpaired) electrons. The molecular weight excluding hydrogens is 392 g/mol. The number of carbonyl (C=O) groups excluding carboxylic acids is 1. The zero-order valence-electron chi connectivity index (χ0n) is 14.1. The van der Waals surface area contributed by atoms with Crippen LogP contribution in [0.25, 0.3) is 10.8 Å². The summed E-state index contributed by atoms with van der Waals surface area (Å²) in [6.45, 7) is 1.98. The van der Waals surface area contributed by atoms with Crippen molar-refractivity contribution in [3.05, 3.63) is 69.6 Å². The number of carbonyl (C=O) groups is 1. The molecule has 0 spiro atoms. The van der Waals surface area contributed by atoms with Crippen LogP contribution in [0.2, 0.25) is 5.02 Å². The Balaban J connectivity index is 1.92. The molecule has 0 saturated carbocycles. The second-order valence-corrected chi connectivity index (χ2v) is 7.65. The van der Waals surface area contributed by atoms with Crippen LogP contribution in [0.4, 0.5) is 0 Å². The standard InChI is InChI=1S/C17H15ClN4O4S/c1-2-22-17(24)14-6-4-3-5-13(14)15(20-22)16(23)19-21-27(25,26)12-9-7-11(18)8-10-12/h3-10,21H,2H2,1H3,(H,19,23). The molecule has 0 atom stereocenters. The van der Waals surface area contributed by atoms with E-state index in [1.807, 2.05) is 4.83 Å². The van der Waals surface area contributed by atoms with Crippen molar-refractivity contribution in [1.29, 1.82) is 0 Å². The largest absolute Gasteiger partial charge is 0.287 e. The van der Waals surface area contributed by atoms with Gasteiger partial charge >= 0.3 is 0 Å². The van der Waals surface area contributed by atoms with Gasteiger partial charge in [0.05, 0.1) is 10.3 Å². The molecule has 8 nitrogen and oxygen atoms in total. The summed E-state index contributed by atoms with van der Waals surface area (Å²) in [6.07, 6.45) is 0. The van der Waals surface area contributed by atoms with Gasteiger partial charge < -0.3 is 0 Å². The molecule has 1 heterocycles. The number of sulfonamides is 1. The molecule has 0 aliphatic heterocycles. The number of rotatable bonds is 5. The number of fused-ring (bicyclic) bond motifs is 1. The minimum Gasteiger partial charge on any atom is -0.272 e. The highest BCUT2D eigenvalue weighted by Crippen LogP contribution is 2.15. The van der Waals surface area contributed by atoms with Crippen LogP contribution in [0.3, 0.4) is 0 Å². The molecule has 0 fully saturated rings. The van der Waals surface area contributed by atoms with E-state index in [1.165, 1.54) is 24.3 Å². The molecule has 27 heavy (non-hydrogen) atoms. The first-order chi connectivity index (χ1) is 12.8. The van der Waals surface area contributed by atoms with Crippen LogP contribution in [-0.4, -0.2) is 24.1 Å². The summed E-state index contributed by atoms with van der Waals surface area (Å²) in [5.74, 6) is -0.786. The van der Waals surface area contributed by atoms with E-state index in [4.69, 9.17) is 11.6 Å². The van der Waals surface area contributed by atoms with Crippen molar-refractivity contribution in [2.75, 3.05) is 0 Å². The maximum Gasteiger partial charge on any atom is 0.287 e. The van der Waals surface area contributed by atoms with Gasteiger partial charge in [-0.3, -0.25) is 15.0 Å². The summed E-state index contributed by atoms with van der Waals surface area (Å²) in [4.78, 5) is 26.8. The predicted molar refractivity (Wildman–Crippen MR) is 101 cm³/mol. The van der Waals surface area contributed by atoms with Gasteiger partial charge in [0, 0.05) is 17.0 Å². The van der Waals surface area contributed by atoms with Crippen LogP contribution in [0.1, 0.15) is 17.4 Å². The summed E-state index contributed by atoms with van der Waals surface area (Å²) >= 11 is 5.75. The van der Waals surface area contributed by atoms with E-state index in [0.717, 1.165) is 4.68 Å². The van der Waals surface area contributed by atoms with Gasteiger partial charge in [-0.1, -0.05) is 29.8 Å². The number of hydrazine groups is 1. The van der Waals surface area contributed by atoms with Gasteiger partial charge in [-0.25, -0.2) is 13.1 Å². The van der Waals surface area contributed by atoms with Crippen LogP contribution >= 0.6 is 11.6 Å². The summed E-state index contributed by atoms with van der Waals surface area (Å²) in [5, 5.41) is 5.08. The number of hydrogen-bond donors (Lipinski definition) is 2. The van der Waals surface area contributed by atoms with Gasteiger partial charge in [0.15, 0.2) is 5.69 Å². The Kier molecular flexibility index (Phi) is 5.26. The van der Waals surface area contributed by atoms with E-state index >= 15 is 0 Å². The molecule has 0 saturated heterocycles. The quantitative estimate of drug-likeness (QED) is 0.626. The van der Waals surface area contributed by atoms with Gasteiger partial charge in [-0.15, -0.1) is 4.83 Å². The fraction of sp³-hybridized carbons (Fsp3) is 0.118. The van der Waals surface area contributed by atoms with E-state index < -0.39 is 15.9 Å². The number of aromatic nitrogens is 2. The van der Waals surface area contributed by atoms with Crippen molar-refractivity contribution in [3.8, 4) is 0 Å². The number of nitrogens with zero attached hydrogens (tertiary/aromatic N) is 2. The summed E-state index contributed by atoms with van der Waals surface area (Å²) in [7, 11) is -3.99. The third-order valence-corrected chi connectivity index (χ3v) is 5.32. The lowest BCUT2D eigenvalue weighted by Gasteiger charge is -2.11. The first-order valence-electron chi connectivity index (χ1n) is 7.91. The highest BCUT2D eigenvalue weighted by Gasteiger charge is 2.19. The maximum atomic E-state index is 12.5. The van der Waals surface area contributed by atoms with Crippen molar-refractivity contribution in [2.45, 2.75) is 18.4 Å². The van der Waals surface area contributed by atoms with Crippen molar-refractivity contribution in [3.63, 3.8) is 0 Å². The van der Waals surface area contributed by atoms with Gasteiger partial charge in [0.1, 0.15) is 0 Å². The number of nitrogens with one attached hydrogen (secondary N) is 2. The van der Waals surface area contributed by atoms with Crippen molar-refractivity contribution in [2.24, 2.45) is 0 Å². The lowest BCUT2D eigenvalue weighted by molar-refractivity contribution is 0.0939. The predicted octanol–water partition coefficient (Wildman–Crippen LogP) is 1.69. The number of benzene rings is 2. The van der Waals surface area contributed by atoms with Crippen LogP contribution in [0.5, 0.6) is 0 Å². The molecule has 2 N–H and O–H groups in total. The first kappa shape index (κ1) is 19.0. The van der Waals surface area contributed by atoms with Crippen molar-refractivity contribution in [1.82, 2.24) is 20.0 Å². The Hall–Kier alpha value is -2.75. The van der Waals surface area contributed by atoms with Gasteiger partial charge in [0.25, 0.3) is 21.5 Å². The zero-order chi connectivity index (χ0) is 19.6. The van der Waals surface area contributed by atoms with Crippen molar-refractivity contribution < 1.29 is 13.2 Å². The molecule has 140 valence electrons. The fourth-order valence-electron chi connectivity index (χ4n) is 2.46. The monoisotopic (exact) mass is 406 g/mol. The molecule has 2 aromatic carbocycles. The second-order valence-electron chi connectivity index (χ2n) is 5.53. The normalized spacial score (nSPS) is 11.5. The van der Waals surface area contributed by atoms with Crippen LogP contribution in [0.15, 0.2) is 58.2 Å². The number of aryl methyl sites for hydroxylation is 1. The Morgan fingerprint density at radius 1 is 1.11 bits per heavy atom. The molecular formula is C17H15ClN4O4S. The number of hydrogen-bond acceptors (Lipinski definition) is 5. The first-order valence-corrected chi connectivity index (χ1v) is 9.77. The Morgan fingerprint density at radius 3 is 2.37 bits per heavy atom. The topological polar surface area (TPSA) is 110 Å². The van der Waals surface area contributed by atoms with E-state index in [0.29, 0.717) is 15.8 Å². The minimum atomic E-state index is -3.99. The Labute approximate surface area is 159 Å². The molecule has 0 aliphatic carbocycles. The van der Waals surface area contributed by atoms with E-state index in [9.17, 15) is 18.0 Å². The summed E-state index contributed by atoms with van der Waals surface area (Å²) in [6, 6.07) is 12.0. The number of amides is 1. The maximum absolute atomic E-state index is 12.5. The second kappa shape index (κ2) is 7.47. The van der Waals surface area contributed by atoms with E-state index in [-0.39, 0.29) is 22.7 Å². The molecule has 3 rings (SSSR count). The van der Waals surface area contributed by atoms with E-state index in [2.05, 4.69) is 10.5 Å². The average Bonchev–Trinajstić information content (AvgIpc) is 2.67. The average molecular weight is 407 g/mol. The third-order valence-electron chi connectivity index (χ3n) is 3.81. The molecule has 3 aromatic rings. The van der Waals surface area contributed by atoms with Crippen molar-refractivity contribution >= 4 is 38.3 Å². The lowest BCUT2D eigenvalue weighted by Crippen LogP contribution is -2.42. The zero-order valence-corrected chi connectivity index (χ0v) is 15.7. The molecule has 0 bridgehead atoms. The van der Waals surface area contributed by atoms with Crippen LogP contribution in [0, 0.1) is 0 Å². The Morgan fingerprint density at radius 2 is 1.74 bits per heavy atom. The molecule has 0 unspecified atom stereocenters. The highest BCUT2D eigenvalue weighted by atomic mass is 35.5. The fourth-order valence-corrected chi connectivity index (χ4v) is 3.43. The van der Waals surface area contributed by atoms with Gasteiger partial charge in [0.2, 0.25) is 0 Å². The minimum absolute atomic E-state index is 0.0640. The molecule has 1 amide bonds.